The zero-order valence-corrected chi connectivity index (χ0v) is 21.3. The number of pyridine rings is 1. The van der Waals surface area contributed by atoms with Gasteiger partial charge in [0.15, 0.2) is 5.65 Å². The van der Waals surface area contributed by atoms with Crippen LogP contribution >= 0.6 is 11.6 Å². The molecule has 0 spiro atoms. The molecular weight excluding hydrogens is 530 g/mol. The molecule has 1 saturated heterocycles. The van der Waals surface area contributed by atoms with E-state index in [-0.39, 0.29) is 16.7 Å². The zero-order valence-electron chi connectivity index (χ0n) is 20.6. The Balaban J connectivity index is 1.29. The van der Waals surface area contributed by atoms with Gasteiger partial charge in [0.05, 0.1) is 16.1 Å². The lowest BCUT2D eigenvalue weighted by Crippen LogP contribution is -2.47. The summed E-state index contributed by atoms with van der Waals surface area (Å²) in [5, 5.41) is 4.96. The van der Waals surface area contributed by atoms with Crippen LogP contribution in [0.5, 0.6) is 0 Å². The third-order valence-corrected chi connectivity index (χ3v) is 7.20. The predicted octanol–water partition coefficient (Wildman–Crippen LogP) is 2.58. The number of carbonyl (C=O) groups excluding carboxylic acids is 1. The van der Waals surface area contributed by atoms with Crippen molar-refractivity contribution < 1.29 is 13.6 Å². The second-order valence-electron chi connectivity index (χ2n) is 9.16. The van der Waals surface area contributed by atoms with Crippen LogP contribution in [0.25, 0.3) is 28.2 Å². The minimum absolute atomic E-state index is 0.0635. The molecular formula is C25H23ClF2N10O. The number of hydrogen-bond acceptors (Lipinski definition) is 8. The highest BCUT2D eigenvalue weighted by Crippen LogP contribution is 2.34. The molecule has 0 bridgehead atoms. The number of benzene rings is 1. The molecule has 5 aromatic rings. The molecule has 39 heavy (non-hydrogen) atoms. The lowest BCUT2D eigenvalue weighted by Gasteiger charge is -2.36. The zero-order chi connectivity index (χ0) is 27.3. The first-order valence-corrected chi connectivity index (χ1v) is 12.6. The standard InChI is InChI=1S/C25H23ClF2N10O/c26-19-18-23(33-25(30)38-24(18)32-22(34-38)16-3-1-2-6-31-16)37(20(19)21(29)39)12-9-35-7-10-36(11-8-35)17-5-4-14(27)13-15(17)28/h1-6,13H,7-12H2,(H2,29,39)(H2,30,33). The first-order valence-electron chi connectivity index (χ1n) is 12.2. The molecule has 200 valence electrons. The molecule has 0 atom stereocenters. The Labute approximate surface area is 225 Å². The van der Waals surface area contributed by atoms with E-state index in [9.17, 15) is 13.6 Å². The number of halogens is 3. The first kappa shape index (κ1) is 24.9. The molecule has 1 fully saturated rings. The molecule has 1 aliphatic rings. The van der Waals surface area contributed by atoms with E-state index < -0.39 is 17.5 Å². The van der Waals surface area contributed by atoms with Crippen LogP contribution in [-0.2, 0) is 6.54 Å². The van der Waals surface area contributed by atoms with Gasteiger partial charge in [-0.1, -0.05) is 17.7 Å². The quantitative estimate of drug-likeness (QED) is 0.328. The molecule has 1 aliphatic heterocycles. The van der Waals surface area contributed by atoms with Gasteiger partial charge < -0.3 is 20.9 Å². The molecule has 0 unspecified atom stereocenters. The minimum Gasteiger partial charge on any atom is -0.368 e. The number of fused-ring (bicyclic) bond motifs is 3. The molecule has 1 amide bonds. The van der Waals surface area contributed by atoms with Crippen LogP contribution in [0.2, 0.25) is 5.02 Å². The van der Waals surface area contributed by atoms with E-state index in [1.807, 2.05) is 11.0 Å². The van der Waals surface area contributed by atoms with E-state index in [0.717, 1.165) is 6.07 Å². The predicted molar refractivity (Wildman–Crippen MR) is 142 cm³/mol. The highest BCUT2D eigenvalue weighted by molar-refractivity contribution is 6.40. The van der Waals surface area contributed by atoms with Gasteiger partial charge in [-0.25, -0.2) is 13.8 Å². The number of nitrogens with two attached hydrogens (primary N) is 2. The van der Waals surface area contributed by atoms with Gasteiger partial charge in [0.1, 0.15) is 28.7 Å². The number of primary amides is 1. The van der Waals surface area contributed by atoms with Gasteiger partial charge in [0, 0.05) is 51.5 Å². The van der Waals surface area contributed by atoms with E-state index in [0.29, 0.717) is 73.2 Å². The van der Waals surface area contributed by atoms with E-state index in [4.69, 9.17) is 23.1 Å². The van der Waals surface area contributed by atoms with Crippen molar-refractivity contribution in [3.8, 4) is 11.5 Å². The highest BCUT2D eigenvalue weighted by atomic mass is 35.5. The number of piperazine rings is 1. The molecule has 0 radical (unpaired) electrons. The molecule has 6 rings (SSSR count). The van der Waals surface area contributed by atoms with Crippen molar-refractivity contribution in [1.29, 1.82) is 0 Å². The van der Waals surface area contributed by atoms with Gasteiger partial charge in [0.2, 0.25) is 11.8 Å². The van der Waals surface area contributed by atoms with Crippen molar-refractivity contribution in [3.63, 3.8) is 0 Å². The monoisotopic (exact) mass is 552 g/mol. The van der Waals surface area contributed by atoms with Crippen LogP contribution < -0.4 is 16.4 Å². The van der Waals surface area contributed by atoms with Gasteiger partial charge in [-0.05, 0) is 24.3 Å². The van der Waals surface area contributed by atoms with E-state index in [2.05, 4.69) is 25.0 Å². The van der Waals surface area contributed by atoms with E-state index >= 15 is 0 Å². The fraction of sp³-hybridized carbons (Fsp3) is 0.240. The summed E-state index contributed by atoms with van der Waals surface area (Å²) in [4.78, 5) is 29.9. The van der Waals surface area contributed by atoms with Crippen molar-refractivity contribution in [3.05, 3.63) is 64.9 Å². The number of hydrogen-bond donors (Lipinski definition) is 2. The number of anilines is 2. The Hall–Kier alpha value is -4.36. The number of carbonyl (C=O) groups is 1. The molecule has 4 N–H and O–H groups in total. The Morgan fingerprint density at radius 3 is 2.51 bits per heavy atom. The molecule has 5 heterocycles. The number of rotatable bonds is 6. The third-order valence-electron chi connectivity index (χ3n) is 6.83. The second-order valence-corrected chi connectivity index (χ2v) is 9.54. The third kappa shape index (κ3) is 4.38. The summed E-state index contributed by atoms with van der Waals surface area (Å²) in [6, 6.07) is 8.95. The maximum Gasteiger partial charge on any atom is 0.266 e. The van der Waals surface area contributed by atoms with Gasteiger partial charge in [-0.2, -0.15) is 9.50 Å². The second kappa shape index (κ2) is 9.75. The van der Waals surface area contributed by atoms with E-state index in [1.165, 1.54) is 16.6 Å². The van der Waals surface area contributed by atoms with Crippen molar-refractivity contribution >= 4 is 45.8 Å². The highest BCUT2D eigenvalue weighted by Gasteiger charge is 2.27. The molecule has 0 saturated carbocycles. The minimum atomic E-state index is -0.712. The summed E-state index contributed by atoms with van der Waals surface area (Å²) in [5.74, 6) is -1.51. The lowest BCUT2D eigenvalue weighted by atomic mass is 10.2. The summed E-state index contributed by atoms with van der Waals surface area (Å²) in [7, 11) is 0. The summed E-state index contributed by atoms with van der Waals surface area (Å²) < 4.78 is 30.5. The van der Waals surface area contributed by atoms with Gasteiger partial charge in [0.25, 0.3) is 5.91 Å². The molecule has 4 aromatic heterocycles. The largest absolute Gasteiger partial charge is 0.368 e. The van der Waals surface area contributed by atoms with Crippen LogP contribution in [0.3, 0.4) is 0 Å². The Kier molecular flexibility index (Phi) is 6.23. The van der Waals surface area contributed by atoms with Gasteiger partial charge in [-0.3, -0.25) is 14.7 Å². The Morgan fingerprint density at radius 1 is 1.03 bits per heavy atom. The average molecular weight is 553 g/mol. The molecule has 0 aliphatic carbocycles. The van der Waals surface area contributed by atoms with Crippen LogP contribution in [0.15, 0.2) is 42.6 Å². The molecule has 14 heteroatoms. The smallest absolute Gasteiger partial charge is 0.266 e. The Morgan fingerprint density at radius 2 is 1.82 bits per heavy atom. The van der Waals surface area contributed by atoms with Crippen LogP contribution in [-0.4, -0.2) is 72.7 Å². The maximum atomic E-state index is 14.2. The average Bonchev–Trinajstić information content (AvgIpc) is 3.48. The topological polar surface area (TPSA) is 136 Å². The number of aromatic nitrogens is 6. The fourth-order valence-electron chi connectivity index (χ4n) is 4.93. The summed E-state index contributed by atoms with van der Waals surface area (Å²) in [6.45, 7) is 3.26. The number of nitrogens with zero attached hydrogens (tertiary/aromatic N) is 8. The van der Waals surface area contributed by atoms with Crippen molar-refractivity contribution in [1.82, 2.24) is 34.0 Å². The Bertz CT molecular complexity index is 1710. The molecule has 11 nitrogen and oxygen atoms in total. The summed E-state index contributed by atoms with van der Waals surface area (Å²) >= 11 is 6.70. The number of nitrogen functional groups attached to an aromatic ring is 1. The SMILES string of the molecule is NC(=O)c1c(Cl)c2c(nc(N)n3nc(-c4ccccn4)nc23)n1CCN1CCN(c2ccc(F)cc2F)CC1. The van der Waals surface area contributed by atoms with Crippen molar-refractivity contribution in [2.75, 3.05) is 43.4 Å². The van der Waals surface area contributed by atoms with Crippen LogP contribution in [0.4, 0.5) is 20.4 Å². The summed E-state index contributed by atoms with van der Waals surface area (Å²) in [6.07, 6.45) is 1.63. The van der Waals surface area contributed by atoms with Gasteiger partial charge >= 0.3 is 0 Å². The van der Waals surface area contributed by atoms with Crippen LogP contribution in [0, 0.1) is 11.6 Å². The van der Waals surface area contributed by atoms with Crippen molar-refractivity contribution in [2.45, 2.75) is 6.54 Å². The van der Waals surface area contributed by atoms with E-state index in [1.54, 1.807) is 22.9 Å². The first-order chi connectivity index (χ1) is 18.8. The maximum absolute atomic E-state index is 14.2. The molecule has 1 aromatic carbocycles. The fourth-order valence-corrected chi connectivity index (χ4v) is 5.30. The van der Waals surface area contributed by atoms with Crippen molar-refractivity contribution in [2.24, 2.45) is 5.73 Å². The number of amides is 1. The lowest BCUT2D eigenvalue weighted by molar-refractivity contribution is 0.0991. The van der Waals surface area contributed by atoms with Crippen LogP contribution in [0.1, 0.15) is 10.5 Å². The summed E-state index contributed by atoms with van der Waals surface area (Å²) in [5.41, 5.74) is 13.7. The van der Waals surface area contributed by atoms with Gasteiger partial charge in [-0.15, -0.1) is 5.10 Å². The normalized spacial score (nSPS) is 14.5.